The molecule has 0 aliphatic heterocycles. The Hall–Kier alpha value is -0.526. The summed E-state index contributed by atoms with van der Waals surface area (Å²) in [6, 6.07) is 8.71. The first kappa shape index (κ1) is 15.0. The normalized spacial score (nSPS) is 7.85. The summed E-state index contributed by atoms with van der Waals surface area (Å²) in [5, 5.41) is 8.63. The van der Waals surface area contributed by atoms with E-state index in [0.717, 1.165) is 6.54 Å². The Bertz CT molecular complexity index is 178. The summed E-state index contributed by atoms with van der Waals surface area (Å²) in [5.74, 6) is 0.322. The molecule has 0 aromatic heterocycles. The Morgan fingerprint density at radius 1 is 1.23 bits per heavy atom. The largest absolute Gasteiger partial charge is 0.508 e. The first-order valence-corrected chi connectivity index (χ1v) is 4.25. The summed E-state index contributed by atoms with van der Waals surface area (Å²) in [4.78, 5) is 0. The fourth-order valence-corrected chi connectivity index (χ4v) is 0.632. The van der Waals surface area contributed by atoms with Crippen molar-refractivity contribution in [2.75, 3.05) is 6.54 Å². The van der Waals surface area contributed by atoms with Crippen LogP contribution < -0.4 is 5.73 Å². The zero-order valence-electron chi connectivity index (χ0n) is 7.85. The number of phenolic OH excluding ortho intramolecular Hbond substituents is 1. The van der Waals surface area contributed by atoms with Crippen LogP contribution in [0.25, 0.3) is 0 Å². The van der Waals surface area contributed by atoms with E-state index in [1.54, 1.807) is 24.3 Å². The second-order valence-electron chi connectivity index (χ2n) is 2.48. The van der Waals surface area contributed by atoms with E-state index in [2.05, 4.69) is 6.92 Å². The first-order chi connectivity index (χ1) is 5.81. The minimum absolute atomic E-state index is 0. The summed E-state index contributed by atoms with van der Waals surface area (Å²) in [7, 11) is 0. The molecular weight excluding hydrogens is 209 g/mol. The molecule has 78 valence electrons. The van der Waals surface area contributed by atoms with Crippen molar-refractivity contribution in [3.8, 4) is 5.75 Å². The molecule has 0 spiro atoms. The Balaban J connectivity index is 0. The van der Waals surface area contributed by atoms with Crippen LogP contribution >= 0.6 is 0 Å². The van der Waals surface area contributed by atoms with Gasteiger partial charge < -0.3 is 10.8 Å². The molecule has 0 aliphatic rings. The smallest absolute Gasteiger partial charge is 0.115 e. The molecule has 0 fully saturated rings. The number of benzene rings is 1. The van der Waals surface area contributed by atoms with Crippen LogP contribution in [-0.2, 0) is 16.5 Å². The van der Waals surface area contributed by atoms with Crippen LogP contribution in [0.15, 0.2) is 30.3 Å². The Kier molecular flexibility index (Phi) is 13.2. The second-order valence-corrected chi connectivity index (χ2v) is 2.48. The van der Waals surface area contributed by atoms with Crippen molar-refractivity contribution in [1.29, 1.82) is 0 Å². The molecule has 0 unspecified atom stereocenters. The minimum atomic E-state index is 0. The van der Waals surface area contributed by atoms with Gasteiger partial charge in [-0.1, -0.05) is 31.5 Å². The van der Waals surface area contributed by atoms with Gasteiger partial charge >= 0.3 is 0 Å². The number of para-hydroxylation sites is 1. The van der Waals surface area contributed by atoms with Gasteiger partial charge in [-0.2, -0.15) is 0 Å². The van der Waals surface area contributed by atoms with Crippen LogP contribution in [0, 0.1) is 0 Å². The standard InChI is InChI=1S/C6H6O.C4H11N.Ni/c7-6-4-2-1-3-5-6;1-2-3-4-5;/h1-5,7H;2-5H2,1H3;. The number of nitrogens with two attached hydrogens (primary N) is 1. The van der Waals surface area contributed by atoms with Gasteiger partial charge in [-0.25, -0.2) is 0 Å². The van der Waals surface area contributed by atoms with E-state index in [-0.39, 0.29) is 16.5 Å². The van der Waals surface area contributed by atoms with E-state index < -0.39 is 0 Å². The molecule has 1 aromatic rings. The number of aromatic hydroxyl groups is 1. The van der Waals surface area contributed by atoms with E-state index in [0.29, 0.717) is 5.75 Å². The molecule has 13 heavy (non-hydrogen) atoms. The fourth-order valence-electron chi connectivity index (χ4n) is 0.632. The number of rotatable bonds is 2. The number of unbranched alkanes of at least 4 members (excludes halogenated alkanes) is 1. The summed E-state index contributed by atoms with van der Waals surface area (Å²) in [6.45, 7) is 2.98. The molecule has 0 bridgehead atoms. The van der Waals surface area contributed by atoms with Gasteiger partial charge in [0.2, 0.25) is 0 Å². The Labute approximate surface area is 90.1 Å². The van der Waals surface area contributed by atoms with Crippen LogP contribution in [0.5, 0.6) is 5.75 Å². The number of hydrogen-bond donors (Lipinski definition) is 2. The maximum atomic E-state index is 8.63. The van der Waals surface area contributed by atoms with Gasteiger partial charge in [0.05, 0.1) is 0 Å². The molecular formula is C10H17NNiO. The summed E-state index contributed by atoms with van der Waals surface area (Å²) < 4.78 is 0. The van der Waals surface area contributed by atoms with Crippen molar-refractivity contribution in [3.63, 3.8) is 0 Å². The van der Waals surface area contributed by atoms with Gasteiger partial charge in [0.25, 0.3) is 0 Å². The summed E-state index contributed by atoms with van der Waals surface area (Å²) in [6.07, 6.45) is 2.39. The second kappa shape index (κ2) is 11.5. The van der Waals surface area contributed by atoms with E-state index >= 15 is 0 Å². The third kappa shape index (κ3) is 11.5. The van der Waals surface area contributed by atoms with Crippen molar-refractivity contribution >= 4 is 0 Å². The molecule has 1 rings (SSSR count). The van der Waals surface area contributed by atoms with Crippen molar-refractivity contribution in [3.05, 3.63) is 30.3 Å². The third-order valence-electron chi connectivity index (χ3n) is 1.31. The number of phenols is 1. The topological polar surface area (TPSA) is 46.2 Å². The van der Waals surface area contributed by atoms with Crippen LogP contribution in [0.1, 0.15) is 19.8 Å². The first-order valence-electron chi connectivity index (χ1n) is 4.25. The summed E-state index contributed by atoms with van der Waals surface area (Å²) >= 11 is 0. The third-order valence-corrected chi connectivity index (χ3v) is 1.31. The van der Waals surface area contributed by atoms with Crippen molar-refractivity contribution in [2.24, 2.45) is 5.73 Å². The molecule has 0 amide bonds. The maximum absolute atomic E-state index is 8.63. The molecule has 0 heterocycles. The van der Waals surface area contributed by atoms with Crippen molar-refractivity contribution < 1.29 is 21.6 Å². The molecule has 0 saturated carbocycles. The van der Waals surface area contributed by atoms with E-state index in [4.69, 9.17) is 10.8 Å². The van der Waals surface area contributed by atoms with Gasteiger partial charge in [0.1, 0.15) is 5.75 Å². The van der Waals surface area contributed by atoms with Crippen LogP contribution in [0.4, 0.5) is 0 Å². The zero-order valence-corrected chi connectivity index (χ0v) is 8.84. The average Bonchev–Trinajstić information content (AvgIpc) is 2.08. The Morgan fingerprint density at radius 2 is 1.77 bits per heavy atom. The predicted molar refractivity (Wildman–Crippen MR) is 52.1 cm³/mol. The average molecular weight is 226 g/mol. The van der Waals surface area contributed by atoms with Gasteiger partial charge in [-0.3, -0.25) is 0 Å². The van der Waals surface area contributed by atoms with Crippen LogP contribution in [-0.4, -0.2) is 11.7 Å². The monoisotopic (exact) mass is 225 g/mol. The molecule has 0 atom stereocenters. The van der Waals surface area contributed by atoms with E-state index in [1.165, 1.54) is 12.8 Å². The molecule has 3 N–H and O–H groups in total. The molecule has 0 aliphatic carbocycles. The minimum Gasteiger partial charge on any atom is -0.508 e. The van der Waals surface area contributed by atoms with Gasteiger partial charge in [0.15, 0.2) is 0 Å². The quantitative estimate of drug-likeness (QED) is 0.758. The summed E-state index contributed by atoms with van der Waals surface area (Å²) in [5.41, 5.74) is 5.14. The van der Waals surface area contributed by atoms with Crippen LogP contribution in [0.3, 0.4) is 0 Å². The SMILES string of the molecule is CCCCN.Oc1ccccc1.[Ni]. The molecule has 2 nitrogen and oxygen atoms in total. The predicted octanol–water partition coefficient (Wildman–Crippen LogP) is 2.13. The van der Waals surface area contributed by atoms with Crippen molar-refractivity contribution in [2.45, 2.75) is 19.8 Å². The van der Waals surface area contributed by atoms with Crippen LogP contribution in [0.2, 0.25) is 0 Å². The number of hydrogen-bond acceptors (Lipinski definition) is 2. The van der Waals surface area contributed by atoms with E-state index in [9.17, 15) is 0 Å². The van der Waals surface area contributed by atoms with E-state index in [1.807, 2.05) is 6.07 Å². The van der Waals surface area contributed by atoms with Crippen molar-refractivity contribution in [1.82, 2.24) is 0 Å². The zero-order chi connectivity index (χ0) is 9.23. The maximum Gasteiger partial charge on any atom is 0.115 e. The molecule has 0 saturated heterocycles. The molecule has 0 radical (unpaired) electrons. The van der Waals surface area contributed by atoms with Gasteiger partial charge in [0, 0.05) is 16.5 Å². The Morgan fingerprint density at radius 3 is 1.92 bits per heavy atom. The molecule has 3 heteroatoms. The molecule has 1 aromatic carbocycles. The fraction of sp³-hybridized carbons (Fsp3) is 0.400. The van der Waals surface area contributed by atoms with Gasteiger partial charge in [-0.05, 0) is 25.1 Å². The van der Waals surface area contributed by atoms with Gasteiger partial charge in [-0.15, -0.1) is 0 Å².